The average molecular weight is 278 g/mol. The lowest BCUT2D eigenvalue weighted by Crippen LogP contribution is -2.30. The van der Waals surface area contributed by atoms with Crippen molar-refractivity contribution in [3.63, 3.8) is 0 Å². The first kappa shape index (κ1) is 14.7. The molecule has 1 aromatic rings. The van der Waals surface area contributed by atoms with Crippen LogP contribution in [0.3, 0.4) is 0 Å². The second-order valence-corrected chi connectivity index (χ2v) is 5.28. The molecule has 0 radical (unpaired) electrons. The average Bonchev–Trinajstić information content (AvgIpc) is 2.48. The van der Waals surface area contributed by atoms with Gasteiger partial charge in [-0.15, -0.1) is 0 Å². The molecule has 0 aliphatic heterocycles. The van der Waals surface area contributed by atoms with Crippen LogP contribution in [-0.4, -0.2) is 24.3 Å². The minimum absolute atomic E-state index is 0.125. The van der Waals surface area contributed by atoms with Gasteiger partial charge in [-0.1, -0.05) is 13.3 Å². The van der Waals surface area contributed by atoms with Crippen LogP contribution in [0.25, 0.3) is 0 Å². The van der Waals surface area contributed by atoms with Crippen LogP contribution in [0.1, 0.15) is 49.4 Å². The summed E-state index contributed by atoms with van der Waals surface area (Å²) in [6.45, 7) is 2.17. The number of methoxy groups -OCH3 is 1. The number of carboxylic acids is 1. The van der Waals surface area contributed by atoms with E-state index in [-0.39, 0.29) is 11.7 Å². The number of benzene rings is 1. The number of carbonyl (C=O) groups is 1. The molecule has 0 heterocycles. The van der Waals surface area contributed by atoms with Crippen molar-refractivity contribution >= 4 is 5.97 Å². The number of hydrogen-bond donors (Lipinski definition) is 1. The van der Waals surface area contributed by atoms with E-state index < -0.39 is 5.97 Å². The Bertz CT molecular complexity index is 470. The quantitative estimate of drug-likeness (QED) is 0.891. The molecular weight excluding hydrogens is 256 g/mol. The summed E-state index contributed by atoms with van der Waals surface area (Å²) in [5.74, 6) is 0.518. The number of aromatic carboxylic acids is 1. The molecule has 110 valence electrons. The molecule has 2 atom stereocenters. The zero-order valence-corrected chi connectivity index (χ0v) is 12.1. The minimum atomic E-state index is -0.984. The third kappa shape index (κ3) is 3.24. The van der Waals surface area contributed by atoms with Crippen LogP contribution in [0.15, 0.2) is 18.2 Å². The van der Waals surface area contributed by atoms with Crippen LogP contribution in [0, 0.1) is 5.92 Å². The van der Waals surface area contributed by atoms with Gasteiger partial charge in [-0.2, -0.15) is 0 Å². The Hall–Kier alpha value is -1.71. The van der Waals surface area contributed by atoms with Gasteiger partial charge in [0.2, 0.25) is 0 Å². The molecule has 1 aliphatic carbocycles. The normalized spacial score (nSPS) is 22.3. The van der Waals surface area contributed by atoms with Crippen LogP contribution >= 0.6 is 0 Å². The van der Waals surface area contributed by atoms with Crippen molar-refractivity contribution in [1.82, 2.24) is 0 Å². The van der Waals surface area contributed by atoms with E-state index in [0.717, 1.165) is 19.3 Å². The number of hydrogen-bond acceptors (Lipinski definition) is 3. The fraction of sp³-hybridized carbons (Fsp3) is 0.562. The molecule has 0 spiro atoms. The summed E-state index contributed by atoms with van der Waals surface area (Å²) in [4.78, 5) is 11.3. The van der Waals surface area contributed by atoms with E-state index in [0.29, 0.717) is 17.4 Å². The highest BCUT2D eigenvalue weighted by molar-refractivity contribution is 5.91. The van der Waals surface area contributed by atoms with Gasteiger partial charge in [-0.3, -0.25) is 0 Å². The largest absolute Gasteiger partial charge is 0.497 e. The van der Waals surface area contributed by atoms with E-state index >= 15 is 0 Å². The summed E-state index contributed by atoms with van der Waals surface area (Å²) in [5, 5.41) is 9.30. The van der Waals surface area contributed by atoms with Gasteiger partial charge in [0.15, 0.2) is 0 Å². The van der Waals surface area contributed by atoms with Gasteiger partial charge in [-0.05, 0) is 49.8 Å². The molecule has 1 aromatic carbocycles. The van der Waals surface area contributed by atoms with Crippen molar-refractivity contribution < 1.29 is 19.4 Å². The summed E-state index contributed by atoms with van der Waals surface area (Å²) in [5.41, 5.74) is 0.171. The van der Waals surface area contributed by atoms with E-state index in [1.165, 1.54) is 26.0 Å². The molecule has 2 unspecified atom stereocenters. The number of ether oxygens (including phenoxy) is 2. The summed E-state index contributed by atoms with van der Waals surface area (Å²) < 4.78 is 11.1. The zero-order chi connectivity index (χ0) is 14.5. The SMILES string of the molecule is CCC1CCCCC1Oc1ccc(OC)cc1C(=O)O. The molecule has 1 fully saturated rings. The first-order chi connectivity index (χ1) is 9.65. The Morgan fingerprint density at radius 1 is 1.35 bits per heavy atom. The van der Waals surface area contributed by atoms with Crippen molar-refractivity contribution in [2.75, 3.05) is 7.11 Å². The molecule has 1 N–H and O–H groups in total. The fourth-order valence-corrected chi connectivity index (χ4v) is 2.86. The monoisotopic (exact) mass is 278 g/mol. The molecule has 0 aromatic heterocycles. The Morgan fingerprint density at radius 2 is 2.10 bits per heavy atom. The second-order valence-electron chi connectivity index (χ2n) is 5.28. The van der Waals surface area contributed by atoms with Gasteiger partial charge in [0.05, 0.1) is 7.11 Å². The smallest absolute Gasteiger partial charge is 0.339 e. The maximum Gasteiger partial charge on any atom is 0.339 e. The molecular formula is C16H22O4. The molecule has 1 aliphatic rings. The van der Waals surface area contributed by atoms with E-state index in [1.54, 1.807) is 12.1 Å². The van der Waals surface area contributed by atoms with E-state index in [1.807, 2.05) is 0 Å². The van der Waals surface area contributed by atoms with Gasteiger partial charge in [0.1, 0.15) is 23.2 Å². The minimum Gasteiger partial charge on any atom is -0.497 e. The maximum atomic E-state index is 11.3. The van der Waals surface area contributed by atoms with Crippen LogP contribution in [-0.2, 0) is 0 Å². The predicted octanol–water partition coefficient (Wildman–Crippen LogP) is 3.74. The van der Waals surface area contributed by atoms with Gasteiger partial charge in [0.25, 0.3) is 0 Å². The molecule has 1 saturated carbocycles. The highest BCUT2D eigenvalue weighted by Gasteiger charge is 2.26. The van der Waals surface area contributed by atoms with Gasteiger partial charge < -0.3 is 14.6 Å². The van der Waals surface area contributed by atoms with Crippen molar-refractivity contribution in [1.29, 1.82) is 0 Å². The van der Waals surface area contributed by atoms with Crippen molar-refractivity contribution in [3.05, 3.63) is 23.8 Å². The number of rotatable bonds is 5. The van der Waals surface area contributed by atoms with Crippen LogP contribution in [0.5, 0.6) is 11.5 Å². The molecule has 20 heavy (non-hydrogen) atoms. The van der Waals surface area contributed by atoms with Crippen molar-refractivity contribution in [3.8, 4) is 11.5 Å². The van der Waals surface area contributed by atoms with Crippen molar-refractivity contribution in [2.24, 2.45) is 5.92 Å². The standard InChI is InChI=1S/C16H22O4/c1-3-11-6-4-5-7-14(11)20-15-9-8-12(19-2)10-13(15)16(17)18/h8-11,14H,3-7H2,1-2H3,(H,17,18). The lowest BCUT2D eigenvalue weighted by atomic mass is 9.84. The summed E-state index contributed by atoms with van der Waals surface area (Å²) >= 11 is 0. The van der Waals surface area contributed by atoms with E-state index in [9.17, 15) is 9.90 Å². The van der Waals surface area contributed by atoms with Gasteiger partial charge >= 0.3 is 5.97 Å². The Morgan fingerprint density at radius 3 is 2.75 bits per heavy atom. The molecule has 4 nitrogen and oxygen atoms in total. The molecule has 4 heteroatoms. The first-order valence-corrected chi connectivity index (χ1v) is 7.23. The maximum absolute atomic E-state index is 11.3. The number of carboxylic acid groups (broad SMARTS) is 1. The highest BCUT2D eigenvalue weighted by atomic mass is 16.5. The Labute approximate surface area is 119 Å². The topological polar surface area (TPSA) is 55.8 Å². The summed E-state index contributed by atoms with van der Waals surface area (Å²) in [6, 6.07) is 4.95. The highest BCUT2D eigenvalue weighted by Crippen LogP contribution is 2.33. The summed E-state index contributed by atoms with van der Waals surface area (Å²) in [6.07, 6.45) is 5.76. The Balaban J connectivity index is 2.21. The van der Waals surface area contributed by atoms with Gasteiger partial charge in [0, 0.05) is 0 Å². The van der Waals surface area contributed by atoms with Gasteiger partial charge in [-0.25, -0.2) is 4.79 Å². The first-order valence-electron chi connectivity index (χ1n) is 7.23. The third-order valence-corrected chi connectivity index (χ3v) is 4.06. The predicted molar refractivity (Wildman–Crippen MR) is 76.6 cm³/mol. The second kappa shape index (κ2) is 6.64. The van der Waals surface area contributed by atoms with E-state index in [4.69, 9.17) is 9.47 Å². The lowest BCUT2D eigenvalue weighted by molar-refractivity contribution is 0.0663. The lowest BCUT2D eigenvalue weighted by Gasteiger charge is -2.31. The molecule has 0 saturated heterocycles. The summed E-state index contributed by atoms with van der Waals surface area (Å²) in [7, 11) is 1.52. The van der Waals surface area contributed by atoms with E-state index in [2.05, 4.69) is 6.92 Å². The van der Waals surface area contributed by atoms with Crippen LogP contribution in [0.2, 0.25) is 0 Å². The van der Waals surface area contributed by atoms with Crippen molar-refractivity contribution in [2.45, 2.75) is 45.1 Å². The molecule has 2 rings (SSSR count). The molecule has 0 amide bonds. The third-order valence-electron chi connectivity index (χ3n) is 4.06. The van der Waals surface area contributed by atoms with Crippen LogP contribution < -0.4 is 9.47 Å². The Kier molecular flexibility index (Phi) is 4.88. The fourth-order valence-electron chi connectivity index (χ4n) is 2.86. The molecule has 0 bridgehead atoms. The van der Waals surface area contributed by atoms with Crippen LogP contribution in [0.4, 0.5) is 0 Å². The zero-order valence-electron chi connectivity index (χ0n) is 12.1.